The largest absolute Gasteiger partial charge is 0.388 e. The van der Waals surface area contributed by atoms with Gasteiger partial charge in [-0.15, -0.1) is 0 Å². The van der Waals surface area contributed by atoms with Crippen LogP contribution < -0.4 is 0 Å². The topological polar surface area (TPSA) is 20.2 Å². The molecule has 2 atom stereocenters. The Kier molecular flexibility index (Phi) is 4.51. The van der Waals surface area contributed by atoms with E-state index in [-0.39, 0.29) is 11.6 Å². The average molecular weight is 234 g/mol. The van der Waals surface area contributed by atoms with Gasteiger partial charge in [-0.3, -0.25) is 0 Å². The van der Waals surface area contributed by atoms with Gasteiger partial charge in [-0.1, -0.05) is 62.1 Å². The first kappa shape index (κ1) is 13.2. The molecule has 2 heteroatoms. The van der Waals surface area contributed by atoms with Gasteiger partial charge in [0.1, 0.15) is 0 Å². The van der Waals surface area contributed by atoms with Crippen molar-refractivity contribution in [2.75, 3.05) is 0 Å². The van der Waals surface area contributed by atoms with Crippen LogP contribution in [-0.4, -0.2) is 13.2 Å². The molecule has 0 saturated carbocycles. The summed E-state index contributed by atoms with van der Waals surface area (Å²) in [5, 5.41) is 10.4. The minimum atomic E-state index is -1.39. The third-order valence-electron chi connectivity index (χ3n) is 2.88. The van der Waals surface area contributed by atoms with Crippen molar-refractivity contribution in [3.63, 3.8) is 0 Å². The summed E-state index contributed by atoms with van der Waals surface area (Å²) in [6.45, 7) is 8.91. The fraction of sp³-hybridized carbons (Fsp3) is 0.429. The molecule has 16 heavy (non-hydrogen) atoms. The molecule has 0 saturated heterocycles. The summed E-state index contributed by atoms with van der Waals surface area (Å²) in [6, 6.07) is 9.95. The van der Waals surface area contributed by atoms with E-state index in [9.17, 15) is 5.11 Å². The molecule has 0 aliphatic carbocycles. The minimum absolute atomic E-state index is 0.278. The van der Waals surface area contributed by atoms with Gasteiger partial charge in [0.15, 0.2) is 0 Å². The molecule has 1 nitrogen and oxygen atoms in total. The molecule has 1 rings (SSSR count). The number of hydrogen-bond acceptors (Lipinski definition) is 1. The SMILES string of the molecule is C/C=C\[C@H]([C@@H](O)c1ccccc1)[Si](C)(C)C. The van der Waals surface area contributed by atoms with Crippen molar-refractivity contribution in [3.8, 4) is 0 Å². The fourth-order valence-electron chi connectivity index (χ4n) is 1.93. The van der Waals surface area contributed by atoms with Crippen LogP contribution in [0.5, 0.6) is 0 Å². The average Bonchev–Trinajstić information content (AvgIpc) is 2.25. The zero-order chi connectivity index (χ0) is 12.2. The fourth-order valence-corrected chi connectivity index (χ4v) is 3.84. The van der Waals surface area contributed by atoms with E-state index < -0.39 is 8.07 Å². The summed E-state index contributed by atoms with van der Waals surface area (Å²) in [6.07, 6.45) is 3.84. The molecule has 1 N–H and O–H groups in total. The highest BCUT2D eigenvalue weighted by Gasteiger charge is 2.31. The molecule has 0 unspecified atom stereocenters. The Labute approximate surface area is 99.8 Å². The standard InChI is InChI=1S/C14H22OSi/c1-5-9-13(16(2,3)4)14(15)12-10-7-6-8-11-12/h5-11,13-15H,1-4H3/b9-5-/t13-,14+/m1/s1. The van der Waals surface area contributed by atoms with Gasteiger partial charge in [0, 0.05) is 5.54 Å². The van der Waals surface area contributed by atoms with Crippen LogP contribution >= 0.6 is 0 Å². The third kappa shape index (κ3) is 3.32. The first-order valence-corrected chi connectivity index (χ1v) is 9.40. The van der Waals surface area contributed by atoms with Gasteiger partial charge in [0.05, 0.1) is 14.2 Å². The van der Waals surface area contributed by atoms with Gasteiger partial charge in [-0.25, -0.2) is 0 Å². The van der Waals surface area contributed by atoms with Crippen molar-refractivity contribution in [1.82, 2.24) is 0 Å². The van der Waals surface area contributed by atoms with Crippen LogP contribution in [0.15, 0.2) is 42.5 Å². The van der Waals surface area contributed by atoms with E-state index >= 15 is 0 Å². The predicted octanol–water partition coefficient (Wildman–Crippen LogP) is 4.00. The smallest absolute Gasteiger partial charge is 0.0828 e. The quantitative estimate of drug-likeness (QED) is 0.616. The monoisotopic (exact) mass is 234 g/mol. The Morgan fingerprint density at radius 3 is 2.12 bits per heavy atom. The second-order valence-corrected chi connectivity index (χ2v) is 10.7. The molecule has 0 aliphatic rings. The van der Waals surface area contributed by atoms with Crippen LogP contribution in [0.2, 0.25) is 25.2 Å². The highest BCUT2D eigenvalue weighted by molar-refractivity contribution is 6.78. The van der Waals surface area contributed by atoms with Crippen LogP contribution in [0.1, 0.15) is 18.6 Å². The van der Waals surface area contributed by atoms with Crippen molar-refractivity contribution in [3.05, 3.63) is 48.0 Å². The predicted molar refractivity (Wildman–Crippen MR) is 73.3 cm³/mol. The van der Waals surface area contributed by atoms with Gasteiger partial charge in [-0.2, -0.15) is 0 Å². The molecule has 0 spiro atoms. The molecule has 0 fully saturated rings. The minimum Gasteiger partial charge on any atom is -0.388 e. The Morgan fingerprint density at radius 1 is 1.12 bits per heavy atom. The summed E-state index contributed by atoms with van der Waals surface area (Å²) >= 11 is 0. The molecule has 0 bridgehead atoms. The molecular formula is C14H22OSi. The molecule has 0 amide bonds. The van der Waals surface area contributed by atoms with E-state index in [0.717, 1.165) is 5.56 Å². The van der Waals surface area contributed by atoms with Crippen molar-refractivity contribution in [1.29, 1.82) is 0 Å². The van der Waals surface area contributed by atoms with Crippen LogP contribution in [-0.2, 0) is 0 Å². The number of benzene rings is 1. The lowest BCUT2D eigenvalue weighted by Gasteiger charge is -2.31. The second kappa shape index (κ2) is 5.46. The molecule has 0 aromatic heterocycles. The van der Waals surface area contributed by atoms with E-state index in [1.54, 1.807) is 0 Å². The van der Waals surface area contributed by atoms with Crippen LogP contribution in [0.4, 0.5) is 0 Å². The molecule has 0 radical (unpaired) electrons. The van der Waals surface area contributed by atoms with Crippen molar-refractivity contribution in [2.45, 2.75) is 38.2 Å². The Hall–Kier alpha value is -0.863. The molecule has 0 aliphatic heterocycles. The zero-order valence-electron chi connectivity index (χ0n) is 10.6. The number of aliphatic hydroxyl groups is 1. The maximum atomic E-state index is 10.4. The maximum absolute atomic E-state index is 10.4. The van der Waals surface area contributed by atoms with Crippen molar-refractivity contribution >= 4 is 8.07 Å². The number of hydrogen-bond donors (Lipinski definition) is 1. The lowest BCUT2D eigenvalue weighted by Crippen LogP contribution is -2.31. The Morgan fingerprint density at radius 2 is 1.69 bits per heavy atom. The lowest BCUT2D eigenvalue weighted by molar-refractivity contribution is 0.179. The first-order chi connectivity index (χ1) is 7.46. The van der Waals surface area contributed by atoms with Gasteiger partial charge in [0.2, 0.25) is 0 Å². The van der Waals surface area contributed by atoms with Gasteiger partial charge >= 0.3 is 0 Å². The highest BCUT2D eigenvalue weighted by atomic mass is 28.3. The van der Waals surface area contributed by atoms with E-state index in [4.69, 9.17) is 0 Å². The lowest BCUT2D eigenvalue weighted by atomic mass is 10.1. The zero-order valence-corrected chi connectivity index (χ0v) is 11.6. The summed E-state index contributed by atoms with van der Waals surface area (Å²) in [5.74, 6) is 0. The molecule has 1 aromatic rings. The van der Waals surface area contributed by atoms with Crippen LogP contribution in [0, 0.1) is 0 Å². The van der Waals surface area contributed by atoms with Crippen molar-refractivity contribution < 1.29 is 5.11 Å². The van der Waals surface area contributed by atoms with E-state index in [1.807, 2.05) is 37.3 Å². The van der Waals surface area contributed by atoms with Crippen molar-refractivity contribution in [2.24, 2.45) is 0 Å². The molecular weight excluding hydrogens is 212 g/mol. The van der Waals surface area contributed by atoms with Gasteiger partial charge in [-0.05, 0) is 12.5 Å². The normalized spacial score (nSPS) is 16.3. The van der Waals surface area contributed by atoms with Gasteiger partial charge < -0.3 is 5.11 Å². The Bertz CT molecular complexity index is 338. The number of rotatable bonds is 4. The molecule has 88 valence electrons. The van der Waals surface area contributed by atoms with E-state index in [1.165, 1.54) is 0 Å². The summed E-state index contributed by atoms with van der Waals surface area (Å²) in [4.78, 5) is 0. The number of allylic oxidation sites excluding steroid dienone is 1. The molecule has 1 aromatic carbocycles. The first-order valence-electron chi connectivity index (χ1n) is 5.82. The van der Waals surface area contributed by atoms with E-state index in [0.29, 0.717) is 0 Å². The third-order valence-corrected chi connectivity index (χ3v) is 5.39. The molecule has 0 heterocycles. The summed E-state index contributed by atoms with van der Waals surface area (Å²) < 4.78 is 0. The number of aliphatic hydroxyl groups excluding tert-OH is 1. The highest BCUT2D eigenvalue weighted by Crippen LogP contribution is 2.36. The van der Waals surface area contributed by atoms with Crippen LogP contribution in [0.25, 0.3) is 0 Å². The summed E-state index contributed by atoms with van der Waals surface area (Å²) in [5.41, 5.74) is 1.30. The maximum Gasteiger partial charge on any atom is 0.0828 e. The van der Waals surface area contributed by atoms with E-state index in [2.05, 4.69) is 31.8 Å². The second-order valence-electron chi connectivity index (χ2n) is 5.27. The Balaban J connectivity index is 2.97. The van der Waals surface area contributed by atoms with Gasteiger partial charge in [0.25, 0.3) is 0 Å². The summed E-state index contributed by atoms with van der Waals surface area (Å²) in [7, 11) is -1.39. The van der Waals surface area contributed by atoms with Crippen LogP contribution in [0.3, 0.4) is 0 Å².